The average Bonchev–Trinajstić information content (AvgIpc) is 2.99. The van der Waals surface area contributed by atoms with Crippen molar-refractivity contribution in [1.82, 2.24) is 25.3 Å². The van der Waals surface area contributed by atoms with Crippen LogP contribution >= 0.6 is 11.8 Å². The van der Waals surface area contributed by atoms with Crippen LogP contribution in [0.3, 0.4) is 0 Å². The van der Waals surface area contributed by atoms with Gasteiger partial charge in [0.2, 0.25) is 11.7 Å². The Morgan fingerprint density at radius 2 is 1.76 bits per heavy atom. The fourth-order valence-electron chi connectivity index (χ4n) is 3.78. The lowest BCUT2D eigenvalue weighted by Gasteiger charge is -2.18. The zero-order valence-electron chi connectivity index (χ0n) is 24.0. The van der Waals surface area contributed by atoms with Gasteiger partial charge in [0.15, 0.2) is 5.82 Å². The Balaban J connectivity index is 1.30. The first-order chi connectivity index (χ1) is 20.1. The molecule has 2 aromatic carbocycles. The van der Waals surface area contributed by atoms with Gasteiger partial charge >= 0.3 is 0 Å². The molecule has 9 heteroatoms. The molecule has 1 aromatic heterocycles. The highest BCUT2D eigenvalue weighted by atomic mass is 32.2. The minimum Gasteiger partial charge on any atom is -0.494 e. The molecular weight excluding hydrogens is 534 g/mol. The van der Waals surface area contributed by atoms with E-state index in [1.54, 1.807) is 11.8 Å². The van der Waals surface area contributed by atoms with Crippen molar-refractivity contribution in [3.8, 4) is 29.5 Å². The van der Waals surface area contributed by atoms with Gasteiger partial charge in [-0.1, -0.05) is 49.6 Å². The molecule has 0 saturated heterocycles. The number of aryl methyl sites for hydroxylation is 1. The fourth-order valence-corrected chi connectivity index (χ4v) is 4.91. The summed E-state index contributed by atoms with van der Waals surface area (Å²) in [4.78, 5) is 15.7. The van der Waals surface area contributed by atoms with E-state index in [0.29, 0.717) is 57.4 Å². The van der Waals surface area contributed by atoms with E-state index in [0.717, 1.165) is 23.5 Å². The molecular formula is C32H39N5O3S. The summed E-state index contributed by atoms with van der Waals surface area (Å²) in [5.41, 5.74) is 2.00. The lowest BCUT2D eigenvalue weighted by atomic mass is 10.2. The van der Waals surface area contributed by atoms with Crippen molar-refractivity contribution in [2.45, 2.75) is 50.8 Å². The number of terminal acetylenes is 1. The van der Waals surface area contributed by atoms with Gasteiger partial charge in [-0.15, -0.1) is 38.6 Å². The number of nitrogens with zero attached hydrogens (tertiary/aromatic N) is 5. The second kappa shape index (κ2) is 18.6. The van der Waals surface area contributed by atoms with E-state index < -0.39 is 0 Å². The topological polar surface area (TPSA) is 90.3 Å². The molecule has 0 spiro atoms. The quantitative estimate of drug-likeness (QED) is 0.106. The third-order valence-corrected chi connectivity index (χ3v) is 7.18. The Morgan fingerprint density at radius 3 is 2.51 bits per heavy atom. The molecule has 0 atom stereocenters. The Hall–Kier alpha value is -3.74. The van der Waals surface area contributed by atoms with Crippen molar-refractivity contribution in [1.29, 1.82) is 0 Å². The number of thioether (sulfide) groups is 1. The maximum absolute atomic E-state index is 12.7. The van der Waals surface area contributed by atoms with Crippen LogP contribution in [0.5, 0.6) is 5.75 Å². The van der Waals surface area contributed by atoms with Crippen LogP contribution in [0.15, 0.2) is 59.5 Å². The smallest absolute Gasteiger partial charge is 0.223 e. The number of aromatic nitrogens is 4. The molecule has 0 N–H and O–H groups in total. The van der Waals surface area contributed by atoms with E-state index in [9.17, 15) is 4.79 Å². The molecule has 3 aromatic rings. The van der Waals surface area contributed by atoms with Gasteiger partial charge in [-0.25, -0.2) is 0 Å². The van der Waals surface area contributed by atoms with Gasteiger partial charge < -0.3 is 14.4 Å². The van der Waals surface area contributed by atoms with Crippen molar-refractivity contribution in [3.63, 3.8) is 0 Å². The minimum absolute atomic E-state index is 0.0381. The van der Waals surface area contributed by atoms with Crippen LogP contribution in [0.4, 0.5) is 0 Å². The van der Waals surface area contributed by atoms with Crippen molar-refractivity contribution in [3.05, 3.63) is 66.0 Å². The summed E-state index contributed by atoms with van der Waals surface area (Å²) in [6.07, 6.45) is 13.8. The monoisotopic (exact) mass is 573 g/mol. The lowest BCUT2D eigenvalue weighted by Crippen LogP contribution is -2.31. The van der Waals surface area contributed by atoms with Gasteiger partial charge in [0.05, 0.1) is 13.2 Å². The first kappa shape index (κ1) is 31.8. The molecule has 0 aliphatic heterocycles. The molecule has 216 valence electrons. The molecule has 0 bridgehead atoms. The highest BCUT2D eigenvalue weighted by molar-refractivity contribution is 7.99. The molecule has 1 heterocycles. The standard InChI is InChI=1S/C32H39N5O3S/c1-4-6-25-41-30-14-8-7-12-27(30)13-9-21-37(20-5-2)31(38)15-10-22-39-23-11-24-40-29-18-16-28(17-19-29)32-35-33-26(3)34-36-32/h2,7-9,12-14,16-19H,4,6,10-11,15,20-25H2,1,3H3/b13-9+. The molecule has 0 saturated carbocycles. The van der Waals surface area contributed by atoms with E-state index in [1.807, 2.05) is 48.2 Å². The third kappa shape index (κ3) is 11.7. The van der Waals surface area contributed by atoms with Crippen LogP contribution < -0.4 is 4.74 Å². The predicted octanol–water partition coefficient (Wildman–Crippen LogP) is 5.88. The van der Waals surface area contributed by atoms with Gasteiger partial charge in [-0.05, 0) is 61.4 Å². The van der Waals surface area contributed by atoms with Gasteiger partial charge in [0, 0.05) is 43.1 Å². The summed E-state index contributed by atoms with van der Waals surface area (Å²) in [6.45, 7) is 6.34. The summed E-state index contributed by atoms with van der Waals surface area (Å²) in [7, 11) is 0. The summed E-state index contributed by atoms with van der Waals surface area (Å²) in [6, 6.07) is 15.8. The molecule has 0 unspecified atom stereocenters. The lowest BCUT2D eigenvalue weighted by molar-refractivity contribution is -0.130. The van der Waals surface area contributed by atoms with Crippen LogP contribution in [-0.2, 0) is 9.53 Å². The number of hydrogen-bond donors (Lipinski definition) is 0. The Bertz CT molecular complexity index is 1260. The van der Waals surface area contributed by atoms with Gasteiger partial charge in [0.25, 0.3) is 0 Å². The maximum atomic E-state index is 12.7. The van der Waals surface area contributed by atoms with E-state index in [1.165, 1.54) is 23.3 Å². The first-order valence-corrected chi connectivity index (χ1v) is 15.0. The molecule has 0 aliphatic rings. The number of carbonyl (C=O) groups excluding carboxylic acids is 1. The van der Waals surface area contributed by atoms with Crippen molar-refractivity contribution in [2.24, 2.45) is 0 Å². The number of ether oxygens (including phenoxy) is 2. The summed E-state index contributed by atoms with van der Waals surface area (Å²) in [5, 5.41) is 15.9. The van der Waals surface area contributed by atoms with Crippen molar-refractivity contribution < 1.29 is 14.3 Å². The highest BCUT2D eigenvalue weighted by Gasteiger charge is 2.11. The SMILES string of the molecule is C#CCN(C/C=C/c1ccccc1SCCCC)C(=O)CCCOCCCOc1ccc(-c2nnc(C)nn2)cc1. The molecule has 3 rings (SSSR count). The number of benzene rings is 2. The van der Waals surface area contributed by atoms with Gasteiger partial charge in [-0.3, -0.25) is 4.79 Å². The second-order valence-electron chi connectivity index (χ2n) is 9.33. The summed E-state index contributed by atoms with van der Waals surface area (Å²) < 4.78 is 11.5. The Kier molecular flexibility index (Phi) is 14.4. The Labute approximate surface area is 248 Å². The number of carbonyl (C=O) groups is 1. The zero-order chi connectivity index (χ0) is 29.1. The normalized spacial score (nSPS) is 11.0. The first-order valence-electron chi connectivity index (χ1n) is 14.0. The van der Waals surface area contributed by atoms with Crippen molar-refractivity contribution >= 4 is 23.7 Å². The number of hydrogen-bond acceptors (Lipinski definition) is 8. The van der Waals surface area contributed by atoms with Crippen LogP contribution in [0.25, 0.3) is 17.5 Å². The summed E-state index contributed by atoms with van der Waals surface area (Å²) in [5.74, 6) is 5.52. The molecule has 8 nitrogen and oxygen atoms in total. The van der Waals surface area contributed by atoms with Crippen molar-refractivity contribution in [2.75, 3.05) is 38.7 Å². The van der Waals surface area contributed by atoms with Gasteiger partial charge in [0.1, 0.15) is 5.75 Å². The van der Waals surface area contributed by atoms with E-state index >= 15 is 0 Å². The zero-order valence-corrected chi connectivity index (χ0v) is 24.8. The maximum Gasteiger partial charge on any atom is 0.223 e. The molecule has 41 heavy (non-hydrogen) atoms. The van der Waals surface area contributed by atoms with Crippen LogP contribution in [-0.4, -0.2) is 69.9 Å². The van der Waals surface area contributed by atoms with E-state index in [-0.39, 0.29) is 5.91 Å². The third-order valence-electron chi connectivity index (χ3n) is 6.00. The molecule has 0 radical (unpaired) electrons. The molecule has 1 amide bonds. The minimum atomic E-state index is 0.0381. The largest absolute Gasteiger partial charge is 0.494 e. The highest BCUT2D eigenvalue weighted by Crippen LogP contribution is 2.24. The number of amides is 1. The van der Waals surface area contributed by atoms with Gasteiger partial charge in [-0.2, -0.15) is 0 Å². The fraction of sp³-hybridized carbons (Fsp3) is 0.406. The van der Waals surface area contributed by atoms with Crippen LogP contribution in [0.2, 0.25) is 0 Å². The van der Waals surface area contributed by atoms with E-state index in [4.69, 9.17) is 15.9 Å². The second-order valence-corrected chi connectivity index (χ2v) is 10.5. The number of unbranched alkanes of at least 4 members (excludes halogenated alkanes) is 1. The Morgan fingerprint density at radius 1 is 1.00 bits per heavy atom. The van der Waals surface area contributed by atoms with E-state index in [2.05, 4.69) is 57.5 Å². The predicted molar refractivity (Wildman–Crippen MR) is 164 cm³/mol. The van der Waals surface area contributed by atoms with Crippen LogP contribution in [0.1, 0.15) is 50.4 Å². The molecule has 0 aliphatic carbocycles. The molecule has 0 fully saturated rings. The summed E-state index contributed by atoms with van der Waals surface area (Å²) >= 11 is 1.87. The van der Waals surface area contributed by atoms with Crippen LogP contribution in [0, 0.1) is 19.3 Å². The average molecular weight is 574 g/mol. The number of rotatable bonds is 18.